The van der Waals surface area contributed by atoms with E-state index in [0.717, 1.165) is 5.56 Å². The van der Waals surface area contributed by atoms with Gasteiger partial charge in [-0.2, -0.15) is 4.39 Å². The maximum absolute atomic E-state index is 13.4. The van der Waals surface area contributed by atoms with Gasteiger partial charge in [-0.05, 0) is 11.6 Å². The van der Waals surface area contributed by atoms with Gasteiger partial charge < -0.3 is 11.5 Å². The maximum Gasteiger partial charge on any atom is 0.217 e. The van der Waals surface area contributed by atoms with Crippen LogP contribution in [0.5, 0.6) is 0 Å². The average Bonchev–Trinajstić information content (AvgIpc) is 2.76. The largest absolute Gasteiger partial charge is 0.381 e. The van der Waals surface area contributed by atoms with Crippen LogP contribution in [0.1, 0.15) is 11.3 Å². The monoisotopic (exact) mass is 258 g/mol. The Morgan fingerprint density at radius 2 is 1.95 bits per heavy atom. The lowest BCUT2D eigenvalue weighted by Crippen LogP contribution is -2.04. The molecule has 0 aliphatic carbocycles. The fourth-order valence-corrected chi connectivity index (χ4v) is 1.84. The van der Waals surface area contributed by atoms with Crippen molar-refractivity contribution in [1.29, 1.82) is 0 Å². The zero-order valence-corrected chi connectivity index (χ0v) is 9.92. The van der Waals surface area contributed by atoms with Crippen LogP contribution in [0, 0.1) is 5.95 Å². The van der Waals surface area contributed by atoms with Crippen molar-refractivity contribution in [2.75, 3.05) is 11.5 Å². The molecule has 3 rings (SSSR count). The number of pyridine rings is 1. The Bertz CT molecular complexity index is 751. The van der Waals surface area contributed by atoms with Crippen LogP contribution in [0.15, 0.2) is 30.7 Å². The summed E-state index contributed by atoms with van der Waals surface area (Å²) >= 11 is 0. The van der Waals surface area contributed by atoms with Crippen molar-refractivity contribution in [1.82, 2.24) is 19.4 Å². The summed E-state index contributed by atoms with van der Waals surface area (Å²) < 4.78 is 14.8. The van der Waals surface area contributed by atoms with Gasteiger partial charge in [-0.3, -0.25) is 4.40 Å². The molecule has 0 aliphatic rings. The lowest BCUT2D eigenvalue weighted by Gasteiger charge is -2.04. The van der Waals surface area contributed by atoms with Gasteiger partial charge in [-0.15, -0.1) is 0 Å². The van der Waals surface area contributed by atoms with Crippen LogP contribution in [0.2, 0.25) is 0 Å². The molecule has 3 aromatic heterocycles. The van der Waals surface area contributed by atoms with Crippen LogP contribution in [0.4, 0.5) is 16.0 Å². The molecule has 3 heterocycles. The number of anilines is 2. The number of halogens is 1. The van der Waals surface area contributed by atoms with Crippen LogP contribution in [0.25, 0.3) is 5.65 Å². The Morgan fingerprint density at radius 1 is 1.11 bits per heavy atom. The zero-order chi connectivity index (χ0) is 13.4. The molecule has 0 saturated carbocycles. The molecule has 0 fully saturated rings. The Morgan fingerprint density at radius 3 is 2.74 bits per heavy atom. The number of fused-ring (bicyclic) bond motifs is 1. The molecule has 0 spiro atoms. The molecule has 6 nitrogen and oxygen atoms in total. The highest BCUT2D eigenvalue weighted by atomic mass is 19.1. The van der Waals surface area contributed by atoms with Gasteiger partial charge in [-0.25, -0.2) is 15.0 Å². The predicted octanol–water partition coefficient (Wildman–Crippen LogP) is 1.02. The van der Waals surface area contributed by atoms with Crippen molar-refractivity contribution < 1.29 is 4.39 Å². The summed E-state index contributed by atoms with van der Waals surface area (Å²) in [4.78, 5) is 12.0. The van der Waals surface area contributed by atoms with Crippen molar-refractivity contribution >= 4 is 17.3 Å². The van der Waals surface area contributed by atoms with Crippen LogP contribution < -0.4 is 11.5 Å². The Labute approximate surface area is 107 Å². The molecule has 0 amide bonds. The van der Waals surface area contributed by atoms with Gasteiger partial charge in [0.05, 0.1) is 18.1 Å². The predicted molar refractivity (Wildman–Crippen MR) is 68.8 cm³/mol. The highest BCUT2D eigenvalue weighted by molar-refractivity contribution is 5.51. The van der Waals surface area contributed by atoms with Crippen LogP contribution in [-0.2, 0) is 6.42 Å². The first-order valence-electron chi connectivity index (χ1n) is 5.62. The highest BCUT2D eigenvalue weighted by Gasteiger charge is 2.06. The van der Waals surface area contributed by atoms with Crippen molar-refractivity contribution in [3.05, 3.63) is 47.9 Å². The van der Waals surface area contributed by atoms with E-state index < -0.39 is 5.95 Å². The third-order valence-corrected chi connectivity index (χ3v) is 2.79. The van der Waals surface area contributed by atoms with E-state index in [-0.39, 0.29) is 11.6 Å². The quantitative estimate of drug-likeness (QED) is 0.715. The van der Waals surface area contributed by atoms with Crippen molar-refractivity contribution in [3.8, 4) is 0 Å². The number of nitrogens with two attached hydrogens (primary N) is 2. The van der Waals surface area contributed by atoms with Crippen molar-refractivity contribution in [2.45, 2.75) is 6.42 Å². The minimum absolute atomic E-state index is 0.201. The third-order valence-electron chi connectivity index (χ3n) is 2.79. The topological polar surface area (TPSA) is 95.1 Å². The molecule has 0 unspecified atom stereocenters. The molecule has 0 radical (unpaired) electrons. The van der Waals surface area contributed by atoms with E-state index in [1.54, 1.807) is 18.5 Å². The molecule has 0 atom stereocenters. The van der Waals surface area contributed by atoms with E-state index in [4.69, 9.17) is 11.5 Å². The third kappa shape index (κ3) is 2.05. The van der Waals surface area contributed by atoms with Crippen LogP contribution in [0.3, 0.4) is 0 Å². The summed E-state index contributed by atoms with van der Waals surface area (Å²) in [7, 11) is 0. The molecule has 0 saturated heterocycles. The Balaban J connectivity index is 1.95. The number of aromatic nitrogens is 4. The molecule has 0 aliphatic heterocycles. The van der Waals surface area contributed by atoms with Gasteiger partial charge in [-0.1, -0.05) is 6.07 Å². The zero-order valence-electron chi connectivity index (χ0n) is 9.92. The number of rotatable bonds is 2. The van der Waals surface area contributed by atoms with Crippen molar-refractivity contribution in [2.24, 2.45) is 0 Å². The number of hydrogen-bond acceptors (Lipinski definition) is 5. The molecular weight excluding hydrogens is 247 g/mol. The normalized spacial score (nSPS) is 11.0. The summed E-state index contributed by atoms with van der Waals surface area (Å²) in [5, 5.41) is 0. The molecule has 19 heavy (non-hydrogen) atoms. The lowest BCUT2D eigenvalue weighted by atomic mass is 10.1. The summed E-state index contributed by atoms with van der Waals surface area (Å²) in [6.07, 6.45) is 4.90. The molecule has 0 aromatic carbocycles. The van der Waals surface area contributed by atoms with E-state index in [1.165, 1.54) is 10.6 Å². The second-order valence-electron chi connectivity index (χ2n) is 4.16. The maximum atomic E-state index is 13.4. The average molecular weight is 258 g/mol. The molecule has 7 heteroatoms. The Hall–Kier alpha value is -2.70. The van der Waals surface area contributed by atoms with E-state index >= 15 is 0 Å². The first-order valence-corrected chi connectivity index (χ1v) is 5.62. The highest BCUT2D eigenvalue weighted by Crippen LogP contribution is 2.13. The Kier molecular flexibility index (Phi) is 2.52. The summed E-state index contributed by atoms with van der Waals surface area (Å²) in [5.41, 5.74) is 13.2. The SMILES string of the molecule is Nc1ncc(Cc2ccc3ncc(F)n3c2)nc1N. The first kappa shape index (κ1) is 11.4. The second kappa shape index (κ2) is 4.20. The van der Waals surface area contributed by atoms with Gasteiger partial charge in [0, 0.05) is 12.6 Å². The fraction of sp³-hybridized carbons (Fsp3) is 0.0833. The van der Waals surface area contributed by atoms with Crippen LogP contribution in [-0.4, -0.2) is 19.4 Å². The standard InChI is InChI=1S/C12H11FN6/c13-9-5-16-10-2-1-7(6-19(9)10)3-8-4-17-11(14)12(15)18-8/h1-2,4-6H,3H2,(H2,14,17)(H2,15,18). The number of imidazole rings is 1. The second-order valence-corrected chi connectivity index (χ2v) is 4.16. The molecular formula is C12H11FN6. The molecule has 96 valence electrons. The van der Waals surface area contributed by atoms with Crippen molar-refractivity contribution in [3.63, 3.8) is 0 Å². The molecule has 0 bridgehead atoms. The van der Waals surface area contributed by atoms with Gasteiger partial charge >= 0.3 is 0 Å². The van der Waals surface area contributed by atoms with E-state index in [0.29, 0.717) is 17.8 Å². The van der Waals surface area contributed by atoms with Gasteiger partial charge in [0.2, 0.25) is 5.95 Å². The van der Waals surface area contributed by atoms with E-state index in [9.17, 15) is 4.39 Å². The van der Waals surface area contributed by atoms with Crippen LogP contribution >= 0.6 is 0 Å². The number of hydrogen-bond donors (Lipinski definition) is 2. The summed E-state index contributed by atoms with van der Waals surface area (Å²) in [5.74, 6) is 0.00648. The number of nitrogens with zero attached hydrogens (tertiary/aromatic N) is 4. The molecule has 4 N–H and O–H groups in total. The smallest absolute Gasteiger partial charge is 0.217 e. The lowest BCUT2D eigenvalue weighted by molar-refractivity contribution is 0.572. The minimum atomic E-state index is -0.403. The van der Waals surface area contributed by atoms with Gasteiger partial charge in [0.25, 0.3) is 0 Å². The van der Waals surface area contributed by atoms with E-state index in [1.807, 2.05) is 6.07 Å². The summed E-state index contributed by atoms with van der Waals surface area (Å²) in [6, 6.07) is 3.60. The first-order chi connectivity index (χ1) is 9.13. The molecule has 3 aromatic rings. The minimum Gasteiger partial charge on any atom is -0.381 e. The van der Waals surface area contributed by atoms with Gasteiger partial charge in [0.1, 0.15) is 5.65 Å². The number of nitrogen functional groups attached to an aromatic ring is 2. The van der Waals surface area contributed by atoms with Gasteiger partial charge in [0.15, 0.2) is 11.6 Å². The summed E-state index contributed by atoms with van der Waals surface area (Å²) in [6.45, 7) is 0. The van der Waals surface area contributed by atoms with E-state index in [2.05, 4.69) is 15.0 Å². The fourth-order valence-electron chi connectivity index (χ4n) is 1.84.